The fraction of sp³-hybridized carbons (Fsp3) is 0.857. The summed E-state index contributed by atoms with van der Waals surface area (Å²) in [6.45, 7) is 2.12. The largest absolute Gasteiger partial charge is 0.281 e. The van der Waals surface area contributed by atoms with Crippen molar-refractivity contribution in [2.45, 2.75) is 26.2 Å². The van der Waals surface area contributed by atoms with Gasteiger partial charge < -0.3 is 0 Å². The van der Waals surface area contributed by atoms with Crippen LogP contribution in [0.25, 0.3) is 0 Å². The van der Waals surface area contributed by atoms with Gasteiger partial charge in [-0.15, -0.1) is 12.4 Å². The molecule has 0 aromatic carbocycles. The zero-order valence-corrected chi connectivity index (χ0v) is 10.2. The van der Waals surface area contributed by atoms with Crippen LogP contribution in [0.2, 0.25) is 0 Å². The molecule has 0 aliphatic heterocycles. The molecule has 1 unspecified atom stereocenters. The summed E-state index contributed by atoms with van der Waals surface area (Å²) in [6.07, 6.45) is 2.79. The van der Waals surface area contributed by atoms with Crippen LogP contribution in [0.4, 0.5) is 0 Å². The lowest BCUT2D eigenvalue weighted by molar-refractivity contribution is -0.112. The Kier molecular flexibility index (Phi) is 12.0. The topological polar surface area (TPSA) is 17.1 Å². The Hall–Kier alpha value is 0.980. The highest BCUT2D eigenvalue weighted by Crippen LogP contribution is 2.15. The first-order valence-electron chi connectivity index (χ1n) is 3.45. The lowest BCUT2D eigenvalue weighted by Crippen LogP contribution is -2.05. The van der Waals surface area contributed by atoms with E-state index in [2.05, 4.69) is 29.5 Å². The number of carbonyl (C=O) groups is 1. The number of alkyl halides is 1. The first kappa shape index (κ1) is 14.5. The van der Waals surface area contributed by atoms with Crippen LogP contribution in [0.15, 0.2) is 0 Å². The van der Waals surface area contributed by atoms with Crippen LogP contribution in [0.5, 0.6) is 0 Å². The minimum atomic E-state index is -0.199. The molecule has 0 heterocycles. The molecule has 0 spiro atoms. The SMILES string of the molecule is CCCC(CI)CC(=O)Cl.Cl. The third-order valence-corrected chi connectivity index (χ3v) is 2.76. The molecule has 0 amide bonds. The van der Waals surface area contributed by atoms with Crippen molar-refractivity contribution < 1.29 is 4.79 Å². The summed E-state index contributed by atoms with van der Waals surface area (Å²) in [5.74, 6) is 0.496. The number of carbonyl (C=O) groups excluding carboxylic acids is 1. The molecule has 0 radical (unpaired) electrons. The zero-order valence-electron chi connectivity index (χ0n) is 6.48. The Bertz CT molecular complexity index is 109. The second-order valence-electron chi connectivity index (χ2n) is 2.37. The van der Waals surface area contributed by atoms with Gasteiger partial charge in [-0.25, -0.2) is 0 Å². The molecule has 0 fully saturated rings. The summed E-state index contributed by atoms with van der Waals surface area (Å²) in [5, 5.41) is -0.199. The molecular formula is C7H13Cl2IO. The molecule has 0 saturated heterocycles. The highest BCUT2D eigenvalue weighted by Gasteiger charge is 2.08. The van der Waals surface area contributed by atoms with E-state index in [1.54, 1.807) is 0 Å². The molecule has 0 aliphatic carbocycles. The molecule has 11 heavy (non-hydrogen) atoms. The van der Waals surface area contributed by atoms with E-state index in [9.17, 15) is 4.79 Å². The van der Waals surface area contributed by atoms with Crippen LogP contribution in [-0.4, -0.2) is 9.67 Å². The average Bonchev–Trinajstić information content (AvgIpc) is 1.86. The van der Waals surface area contributed by atoms with Crippen LogP contribution in [0, 0.1) is 5.92 Å². The molecule has 4 heteroatoms. The minimum Gasteiger partial charge on any atom is -0.281 e. The minimum absolute atomic E-state index is 0. The summed E-state index contributed by atoms with van der Waals surface area (Å²) in [7, 11) is 0. The molecule has 68 valence electrons. The van der Waals surface area contributed by atoms with E-state index < -0.39 is 0 Å². The van der Waals surface area contributed by atoms with Crippen molar-refractivity contribution in [3.63, 3.8) is 0 Å². The summed E-state index contributed by atoms with van der Waals surface area (Å²) in [4.78, 5) is 10.4. The van der Waals surface area contributed by atoms with Crippen molar-refractivity contribution >= 4 is 51.8 Å². The maximum Gasteiger partial charge on any atom is 0.221 e. The monoisotopic (exact) mass is 310 g/mol. The predicted octanol–water partition coefficient (Wildman–Crippen LogP) is 3.42. The van der Waals surface area contributed by atoms with Gasteiger partial charge in [0.2, 0.25) is 5.24 Å². The van der Waals surface area contributed by atoms with Gasteiger partial charge in [0.25, 0.3) is 0 Å². The van der Waals surface area contributed by atoms with Crippen LogP contribution in [0.1, 0.15) is 26.2 Å². The van der Waals surface area contributed by atoms with Crippen molar-refractivity contribution in [3.8, 4) is 0 Å². The second-order valence-corrected chi connectivity index (χ2v) is 3.67. The van der Waals surface area contributed by atoms with Gasteiger partial charge in [0, 0.05) is 10.8 Å². The zero-order chi connectivity index (χ0) is 7.98. The van der Waals surface area contributed by atoms with Crippen LogP contribution < -0.4 is 0 Å². The fourth-order valence-corrected chi connectivity index (χ4v) is 1.84. The first-order chi connectivity index (χ1) is 4.70. The summed E-state index contributed by atoms with van der Waals surface area (Å²) in [5.41, 5.74) is 0. The Morgan fingerprint density at radius 2 is 2.18 bits per heavy atom. The van der Waals surface area contributed by atoms with Gasteiger partial charge in [-0.2, -0.15) is 0 Å². The van der Waals surface area contributed by atoms with Crippen molar-refractivity contribution in [1.29, 1.82) is 0 Å². The fourth-order valence-electron chi connectivity index (χ4n) is 0.869. The number of halogens is 3. The van der Waals surface area contributed by atoms with Crippen molar-refractivity contribution in [2.24, 2.45) is 5.92 Å². The van der Waals surface area contributed by atoms with E-state index in [1.807, 2.05) is 0 Å². The number of hydrogen-bond donors (Lipinski definition) is 0. The van der Waals surface area contributed by atoms with Crippen LogP contribution in [-0.2, 0) is 4.79 Å². The Labute approximate surface area is 92.8 Å². The van der Waals surface area contributed by atoms with E-state index in [1.165, 1.54) is 0 Å². The maximum absolute atomic E-state index is 10.4. The van der Waals surface area contributed by atoms with E-state index in [0.29, 0.717) is 12.3 Å². The van der Waals surface area contributed by atoms with E-state index in [4.69, 9.17) is 11.6 Å². The van der Waals surface area contributed by atoms with Crippen molar-refractivity contribution in [3.05, 3.63) is 0 Å². The number of rotatable bonds is 5. The molecule has 0 aliphatic rings. The van der Waals surface area contributed by atoms with E-state index >= 15 is 0 Å². The summed E-state index contributed by atoms with van der Waals surface area (Å²) >= 11 is 7.54. The highest BCUT2D eigenvalue weighted by atomic mass is 127. The molecule has 1 nitrogen and oxygen atoms in total. The lowest BCUT2D eigenvalue weighted by atomic mass is 10.0. The second kappa shape index (κ2) is 9.07. The molecule has 0 saturated carbocycles. The average molecular weight is 311 g/mol. The number of hydrogen-bond acceptors (Lipinski definition) is 1. The standard InChI is InChI=1S/C7H12ClIO.ClH/c1-2-3-6(5-9)4-7(8)10;/h6H,2-5H2,1H3;1H. The van der Waals surface area contributed by atoms with Gasteiger partial charge in [-0.3, -0.25) is 4.79 Å². The Morgan fingerprint density at radius 3 is 2.45 bits per heavy atom. The highest BCUT2D eigenvalue weighted by molar-refractivity contribution is 14.1. The molecular weight excluding hydrogens is 298 g/mol. The van der Waals surface area contributed by atoms with Crippen molar-refractivity contribution in [1.82, 2.24) is 0 Å². The quantitative estimate of drug-likeness (QED) is 0.432. The summed E-state index contributed by atoms with van der Waals surface area (Å²) < 4.78 is 1.03. The van der Waals surface area contributed by atoms with E-state index in [0.717, 1.165) is 17.3 Å². The van der Waals surface area contributed by atoms with Gasteiger partial charge in [-0.1, -0.05) is 35.9 Å². The van der Waals surface area contributed by atoms with Gasteiger partial charge >= 0.3 is 0 Å². The van der Waals surface area contributed by atoms with Crippen molar-refractivity contribution in [2.75, 3.05) is 4.43 Å². The molecule has 0 bridgehead atoms. The van der Waals surface area contributed by atoms with Gasteiger partial charge in [-0.05, 0) is 23.9 Å². The Balaban J connectivity index is 0. The lowest BCUT2D eigenvalue weighted by Gasteiger charge is -2.08. The smallest absolute Gasteiger partial charge is 0.221 e. The molecule has 0 aromatic heterocycles. The third kappa shape index (κ3) is 8.89. The molecule has 0 N–H and O–H groups in total. The molecule has 1 atom stereocenters. The van der Waals surface area contributed by atoms with Gasteiger partial charge in [0.05, 0.1) is 0 Å². The molecule has 0 rings (SSSR count). The van der Waals surface area contributed by atoms with Gasteiger partial charge in [0.1, 0.15) is 0 Å². The maximum atomic E-state index is 10.4. The first-order valence-corrected chi connectivity index (χ1v) is 5.35. The third-order valence-electron chi connectivity index (χ3n) is 1.36. The predicted molar refractivity (Wildman–Crippen MR) is 60.0 cm³/mol. The van der Waals surface area contributed by atoms with Crippen LogP contribution >= 0.6 is 46.6 Å². The Morgan fingerprint density at radius 1 is 1.64 bits per heavy atom. The van der Waals surface area contributed by atoms with E-state index in [-0.39, 0.29) is 17.6 Å². The molecule has 0 aromatic rings. The summed E-state index contributed by atoms with van der Waals surface area (Å²) in [6, 6.07) is 0. The van der Waals surface area contributed by atoms with Gasteiger partial charge in [0.15, 0.2) is 0 Å². The van der Waals surface area contributed by atoms with Crippen LogP contribution in [0.3, 0.4) is 0 Å². The normalized spacial score (nSPS) is 11.9.